The number of nitrogens with zero attached hydrogens (tertiary/aromatic N) is 2. The summed E-state index contributed by atoms with van der Waals surface area (Å²) in [6, 6.07) is 0.221. The van der Waals surface area contributed by atoms with Gasteiger partial charge in [0.15, 0.2) is 0 Å². The Hall–Kier alpha value is -0.490. The van der Waals surface area contributed by atoms with Gasteiger partial charge >= 0.3 is 0 Å². The van der Waals surface area contributed by atoms with Gasteiger partial charge in [0.25, 0.3) is 5.91 Å². The topological polar surface area (TPSA) is 54.9 Å². The Kier molecular flexibility index (Phi) is 5.90. The molecule has 90 valence electrons. The highest BCUT2D eigenvalue weighted by Crippen LogP contribution is 2.12. The highest BCUT2D eigenvalue weighted by atomic mass is 79.9. The largest absolute Gasteiger partial charge is 0.348 e. The van der Waals surface area contributed by atoms with E-state index in [1.54, 1.807) is 0 Å². The third kappa shape index (κ3) is 3.52. The third-order valence-electron chi connectivity index (χ3n) is 2.38. The van der Waals surface area contributed by atoms with Crippen molar-refractivity contribution in [3.05, 3.63) is 10.6 Å². The number of alkyl halides is 1. The molecule has 1 aromatic heterocycles. The lowest BCUT2D eigenvalue weighted by Crippen LogP contribution is -2.34. The summed E-state index contributed by atoms with van der Waals surface area (Å²) in [7, 11) is 0. The molecule has 1 amide bonds. The zero-order valence-corrected chi connectivity index (χ0v) is 11.9. The van der Waals surface area contributed by atoms with Crippen molar-refractivity contribution in [1.29, 1.82) is 0 Å². The number of nitrogens with one attached hydrogen (secondary N) is 1. The van der Waals surface area contributed by atoms with Crippen molar-refractivity contribution in [3.63, 3.8) is 0 Å². The molecule has 1 rings (SSSR count). The maximum Gasteiger partial charge on any atom is 0.265 e. The summed E-state index contributed by atoms with van der Waals surface area (Å²) in [5.41, 5.74) is 0.788. The summed E-state index contributed by atoms with van der Waals surface area (Å²) in [5, 5.41) is 7.84. The molecule has 1 aromatic rings. The molecule has 6 heteroatoms. The molecule has 0 saturated heterocycles. The molecular weight excluding hydrogens is 290 g/mol. The van der Waals surface area contributed by atoms with E-state index in [1.807, 2.05) is 6.92 Å². The van der Waals surface area contributed by atoms with Crippen LogP contribution in [0, 0.1) is 0 Å². The molecular formula is C10H16BrN3OS. The van der Waals surface area contributed by atoms with Gasteiger partial charge in [-0.15, -0.1) is 5.10 Å². The molecule has 0 aliphatic carbocycles. The first-order valence-corrected chi connectivity index (χ1v) is 7.30. The Morgan fingerprint density at radius 2 is 2.31 bits per heavy atom. The van der Waals surface area contributed by atoms with Crippen LogP contribution in [0.4, 0.5) is 0 Å². The minimum atomic E-state index is -0.0420. The molecule has 0 aromatic carbocycles. The fourth-order valence-corrected chi connectivity index (χ4v) is 2.58. The molecule has 1 unspecified atom stereocenters. The summed E-state index contributed by atoms with van der Waals surface area (Å²) in [4.78, 5) is 12.6. The van der Waals surface area contributed by atoms with E-state index < -0.39 is 0 Å². The van der Waals surface area contributed by atoms with Gasteiger partial charge in [-0.3, -0.25) is 4.79 Å². The van der Waals surface area contributed by atoms with E-state index in [4.69, 9.17) is 0 Å². The predicted octanol–water partition coefficient (Wildman–Crippen LogP) is 2.39. The van der Waals surface area contributed by atoms with Crippen LogP contribution in [0.25, 0.3) is 0 Å². The predicted molar refractivity (Wildman–Crippen MR) is 69.2 cm³/mol. The Labute approximate surface area is 108 Å². The maximum absolute atomic E-state index is 11.9. The number of carbonyl (C=O) groups is 1. The number of halogens is 1. The van der Waals surface area contributed by atoms with Gasteiger partial charge < -0.3 is 5.32 Å². The van der Waals surface area contributed by atoms with E-state index in [-0.39, 0.29) is 11.9 Å². The summed E-state index contributed by atoms with van der Waals surface area (Å²) in [6.45, 7) is 4.04. The lowest BCUT2D eigenvalue weighted by Gasteiger charge is -2.14. The molecule has 0 aliphatic rings. The Bertz CT molecular complexity index is 343. The minimum Gasteiger partial charge on any atom is -0.348 e. The Balaban J connectivity index is 2.64. The third-order valence-corrected chi connectivity index (χ3v) is 3.61. The molecule has 1 N–H and O–H groups in total. The minimum absolute atomic E-state index is 0.0420. The first-order chi connectivity index (χ1) is 7.72. The Morgan fingerprint density at radius 1 is 1.56 bits per heavy atom. The van der Waals surface area contributed by atoms with Gasteiger partial charge in [0.2, 0.25) is 0 Å². The molecule has 1 atom stereocenters. The summed E-state index contributed by atoms with van der Waals surface area (Å²) >= 11 is 4.55. The zero-order valence-electron chi connectivity index (χ0n) is 9.49. The quantitative estimate of drug-likeness (QED) is 0.821. The van der Waals surface area contributed by atoms with Crippen LogP contribution in [0.5, 0.6) is 0 Å². The highest BCUT2D eigenvalue weighted by Gasteiger charge is 2.17. The number of aryl methyl sites for hydroxylation is 1. The van der Waals surface area contributed by atoms with Crippen LogP contribution < -0.4 is 5.32 Å². The van der Waals surface area contributed by atoms with E-state index in [0.29, 0.717) is 4.88 Å². The van der Waals surface area contributed by atoms with Crippen LogP contribution in [-0.2, 0) is 6.42 Å². The van der Waals surface area contributed by atoms with E-state index in [9.17, 15) is 4.79 Å². The number of carbonyl (C=O) groups excluding carboxylic acids is 1. The van der Waals surface area contributed by atoms with Gasteiger partial charge in [-0.1, -0.05) is 34.3 Å². The molecule has 0 bridgehead atoms. The Morgan fingerprint density at radius 3 is 2.88 bits per heavy atom. The molecule has 0 radical (unpaired) electrons. The smallest absolute Gasteiger partial charge is 0.265 e. The molecule has 0 spiro atoms. The molecule has 1 heterocycles. The van der Waals surface area contributed by atoms with Crippen LogP contribution in [0.3, 0.4) is 0 Å². The fourth-order valence-electron chi connectivity index (χ4n) is 1.37. The second-order valence-electron chi connectivity index (χ2n) is 3.46. The van der Waals surface area contributed by atoms with Crippen molar-refractivity contribution in [1.82, 2.24) is 14.9 Å². The second kappa shape index (κ2) is 6.96. The lowest BCUT2D eigenvalue weighted by atomic mass is 10.1. The number of aromatic nitrogens is 2. The SMILES string of the molecule is CCc1nnsc1C(=O)NC(CC)CCBr. The highest BCUT2D eigenvalue weighted by molar-refractivity contribution is 9.09. The van der Waals surface area contributed by atoms with Crippen molar-refractivity contribution in [2.24, 2.45) is 0 Å². The summed E-state index contributed by atoms with van der Waals surface area (Å²) in [5.74, 6) is -0.0420. The van der Waals surface area contributed by atoms with E-state index >= 15 is 0 Å². The number of rotatable bonds is 6. The fraction of sp³-hybridized carbons (Fsp3) is 0.700. The van der Waals surface area contributed by atoms with Gasteiger partial charge in [0, 0.05) is 11.4 Å². The monoisotopic (exact) mass is 305 g/mol. The van der Waals surface area contributed by atoms with Crippen LogP contribution >= 0.6 is 27.5 Å². The molecule has 4 nitrogen and oxygen atoms in total. The number of hydrogen-bond donors (Lipinski definition) is 1. The zero-order chi connectivity index (χ0) is 12.0. The van der Waals surface area contributed by atoms with Crippen LogP contribution in [-0.4, -0.2) is 26.9 Å². The molecule has 0 fully saturated rings. The van der Waals surface area contributed by atoms with Gasteiger partial charge in [-0.2, -0.15) is 0 Å². The van der Waals surface area contributed by atoms with Crippen LogP contribution in [0.2, 0.25) is 0 Å². The molecule has 0 saturated carbocycles. The van der Waals surface area contributed by atoms with Crippen molar-refractivity contribution in [2.75, 3.05) is 5.33 Å². The summed E-state index contributed by atoms with van der Waals surface area (Å²) in [6.07, 6.45) is 2.62. The average molecular weight is 306 g/mol. The van der Waals surface area contributed by atoms with Gasteiger partial charge in [0.05, 0.1) is 5.69 Å². The van der Waals surface area contributed by atoms with Crippen molar-refractivity contribution in [2.45, 2.75) is 39.2 Å². The van der Waals surface area contributed by atoms with Crippen molar-refractivity contribution >= 4 is 33.4 Å². The van der Waals surface area contributed by atoms with E-state index in [1.165, 1.54) is 11.5 Å². The number of amides is 1. The average Bonchev–Trinajstić information content (AvgIpc) is 2.76. The van der Waals surface area contributed by atoms with Gasteiger partial charge in [-0.25, -0.2) is 0 Å². The van der Waals surface area contributed by atoms with Crippen molar-refractivity contribution in [3.8, 4) is 0 Å². The van der Waals surface area contributed by atoms with Crippen LogP contribution in [0.1, 0.15) is 42.1 Å². The number of hydrogen-bond acceptors (Lipinski definition) is 4. The van der Waals surface area contributed by atoms with Crippen molar-refractivity contribution < 1.29 is 4.79 Å². The maximum atomic E-state index is 11.9. The van der Waals surface area contributed by atoms with Gasteiger partial charge in [0.1, 0.15) is 4.88 Å². The first-order valence-electron chi connectivity index (χ1n) is 5.40. The summed E-state index contributed by atoms with van der Waals surface area (Å²) < 4.78 is 3.81. The first kappa shape index (κ1) is 13.6. The second-order valence-corrected chi connectivity index (χ2v) is 5.01. The van der Waals surface area contributed by atoms with E-state index in [2.05, 4.69) is 37.8 Å². The lowest BCUT2D eigenvalue weighted by molar-refractivity contribution is 0.0938. The normalized spacial score (nSPS) is 12.4. The van der Waals surface area contributed by atoms with E-state index in [0.717, 1.165) is 30.3 Å². The molecule has 0 aliphatic heterocycles. The standard InChI is InChI=1S/C10H16BrN3OS/c1-3-7(5-6-11)12-10(15)9-8(4-2)13-14-16-9/h7H,3-6H2,1-2H3,(H,12,15). The van der Waals surface area contributed by atoms with Crippen LogP contribution in [0.15, 0.2) is 0 Å². The van der Waals surface area contributed by atoms with Gasteiger partial charge in [-0.05, 0) is 30.8 Å². The molecule has 16 heavy (non-hydrogen) atoms.